The molecule has 1 aromatic carbocycles. The lowest BCUT2D eigenvalue weighted by atomic mass is 9.86. The van der Waals surface area contributed by atoms with Crippen molar-refractivity contribution in [2.45, 2.75) is 39.9 Å². The highest BCUT2D eigenvalue weighted by atomic mass is 16.2. The van der Waals surface area contributed by atoms with Crippen LogP contribution in [0.15, 0.2) is 30.3 Å². The minimum absolute atomic E-state index is 0.176. The van der Waals surface area contributed by atoms with Crippen molar-refractivity contribution in [3.05, 3.63) is 53.1 Å². The minimum Gasteiger partial charge on any atom is -0.357 e. The predicted octanol–water partition coefficient (Wildman–Crippen LogP) is 1.11. The maximum atomic E-state index is 13.1. The lowest BCUT2D eigenvalue weighted by molar-refractivity contribution is -0.124. The fourth-order valence-corrected chi connectivity index (χ4v) is 3.40. The van der Waals surface area contributed by atoms with Crippen LogP contribution in [0.2, 0.25) is 0 Å². The molecule has 1 atom stereocenters. The molecule has 0 aliphatic carbocycles. The summed E-state index contributed by atoms with van der Waals surface area (Å²) in [5.74, 6) is -0.734. The molecule has 0 spiro atoms. The van der Waals surface area contributed by atoms with Gasteiger partial charge in [-0.1, -0.05) is 51.1 Å². The summed E-state index contributed by atoms with van der Waals surface area (Å²) in [5.41, 5.74) is 0.854. The summed E-state index contributed by atoms with van der Waals surface area (Å²) in [6.07, 6.45) is 0. The minimum atomic E-state index is -0.734. The van der Waals surface area contributed by atoms with E-state index in [1.54, 1.807) is 28.8 Å². The van der Waals surface area contributed by atoms with Crippen LogP contribution in [-0.2, 0) is 17.9 Å². The average Bonchev–Trinajstić information content (AvgIpc) is 3.10. The zero-order valence-electron chi connectivity index (χ0n) is 17.2. The molecule has 1 unspecified atom stereocenters. The van der Waals surface area contributed by atoms with Crippen molar-refractivity contribution in [2.24, 2.45) is 5.41 Å². The highest BCUT2D eigenvalue weighted by molar-refractivity contribution is 6.08. The molecule has 154 valence electrons. The summed E-state index contributed by atoms with van der Waals surface area (Å²) in [7, 11) is 1.53. The van der Waals surface area contributed by atoms with E-state index in [2.05, 4.69) is 20.9 Å². The molecular formula is C21H27N5O3. The van der Waals surface area contributed by atoms with Crippen molar-refractivity contribution in [2.75, 3.05) is 13.6 Å². The van der Waals surface area contributed by atoms with E-state index in [1.165, 1.54) is 7.05 Å². The van der Waals surface area contributed by atoms with Gasteiger partial charge in [-0.15, -0.1) is 0 Å². The number of hydrogen-bond acceptors (Lipinski definition) is 5. The van der Waals surface area contributed by atoms with Crippen LogP contribution in [0.5, 0.6) is 0 Å². The van der Waals surface area contributed by atoms with Gasteiger partial charge in [0.05, 0.1) is 5.69 Å². The Morgan fingerprint density at radius 1 is 1.17 bits per heavy atom. The monoisotopic (exact) mass is 397 g/mol. The molecule has 8 nitrogen and oxygen atoms in total. The number of nitrogens with zero attached hydrogens (tertiary/aromatic N) is 2. The second-order valence-corrected chi connectivity index (χ2v) is 8.14. The Kier molecular flexibility index (Phi) is 5.83. The summed E-state index contributed by atoms with van der Waals surface area (Å²) in [6.45, 7) is 7.28. The molecule has 0 bridgehead atoms. The number of nitrogens with one attached hydrogen (secondary N) is 3. The average molecular weight is 397 g/mol. The second kappa shape index (κ2) is 8.16. The van der Waals surface area contributed by atoms with Crippen LogP contribution in [-0.4, -0.2) is 46.8 Å². The third-order valence-corrected chi connectivity index (χ3v) is 4.98. The van der Waals surface area contributed by atoms with Crippen LogP contribution < -0.4 is 16.0 Å². The topological polar surface area (TPSA) is 105 Å². The Morgan fingerprint density at radius 3 is 2.48 bits per heavy atom. The van der Waals surface area contributed by atoms with Crippen molar-refractivity contribution in [3.8, 4) is 0 Å². The van der Waals surface area contributed by atoms with Gasteiger partial charge in [-0.05, 0) is 5.41 Å². The molecule has 0 radical (unpaired) electrons. The van der Waals surface area contributed by atoms with Gasteiger partial charge < -0.3 is 20.5 Å². The van der Waals surface area contributed by atoms with Gasteiger partial charge in [0, 0.05) is 32.2 Å². The number of rotatable bonds is 5. The van der Waals surface area contributed by atoms with Gasteiger partial charge in [0.1, 0.15) is 6.04 Å². The van der Waals surface area contributed by atoms with Crippen LogP contribution in [0.4, 0.5) is 0 Å². The first-order valence-corrected chi connectivity index (χ1v) is 9.66. The van der Waals surface area contributed by atoms with Crippen molar-refractivity contribution < 1.29 is 14.4 Å². The molecular weight excluding hydrogens is 370 g/mol. The molecule has 2 amide bonds. The van der Waals surface area contributed by atoms with Crippen LogP contribution in [0, 0.1) is 5.41 Å². The third kappa shape index (κ3) is 4.22. The number of hydrogen-bond donors (Lipinski definition) is 3. The molecule has 2 aromatic rings. The van der Waals surface area contributed by atoms with E-state index in [1.807, 2.05) is 26.8 Å². The summed E-state index contributed by atoms with van der Waals surface area (Å²) < 4.78 is 1.80. The van der Waals surface area contributed by atoms with Gasteiger partial charge in [-0.25, -0.2) is 4.98 Å². The molecule has 8 heteroatoms. The molecule has 1 aromatic heterocycles. The number of carbonyl (C=O) groups is 3. The maximum absolute atomic E-state index is 13.1. The fourth-order valence-electron chi connectivity index (χ4n) is 3.40. The Morgan fingerprint density at radius 2 is 1.86 bits per heavy atom. The molecule has 3 N–H and O–H groups in total. The number of carbonyl (C=O) groups excluding carboxylic acids is 3. The number of benzene rings is 1. The van der Waals surface area contributed by atoms with Crippen molar-refractivity contribution in [1.29, 1.82) is 0 Å². The number of amides is 2. The molecule has 2 heterocycles. The Bertz CT molecular complexity index is 928. The van der Waals surface area contributed by atoms with Gasteiger partial charge in [0.25, 0.3) is 5.91 Å². The number of fused-ring (bicyclic) bond motifs is 1. The molecule has 1 aliphatic rings. The summed E-state index contributed by atoms with van der Waals surface area (Å²) in [5, 5.41) is 8.60. The van der Waals surface area contributed by atoms with E-state index < -0.39 is 17.4 Å². The number of aromatic nitrogens is 2. The normalized spacial score (nSPS) is 14.6. The standard InChI is InChI=1S/C21H27N5O3/c1-21(2,3)17(20(29)22-4)25-19(28)15-14-12-23-10-11-26(14)18(24-15)16(27)13-8-6-5-7-9-13/h5-9,17,23H,10-12H2,1-4H3,(H,22,29)(H,25,28). The van der Waals surface area contributed by atoms with Crippen LogP contribution in [0.1, 0.15) is 53.1 Å². The van der Waals surface area contributed by atoms with Gasteiger partial charge >= 0.3 is 0 Å². The molecule has 3 rings (SSSR count). The summed E-state index contributed by atoms with van der Waals surface area (Å²) in [4.78, 5) is 42.8. The SMILES string of the molecule is CNC(=O)C(NC(=O)c1nc(C(=O)c2ccccc2)n2c1CNCC2)C(C)(C)C. The van der Waals surface area contributed by atoms with Gasteiger partial charge in [0.2, 0.25) is 11.7 Å². The van der Waals surface area contributed by atoms with E-state index in [0.29, 0.717) is 30.9 Å². The third-order valence-electron chi connectivity index (χ3n) is 4.98. The van der Waals surface area contributed by atoms with E-state index in [9.17, 15) is 14.4 Å². The number of ketones is 1. The van der Waals surface area contributed by atoms with Gasteiger partial charge in [0.15, 0.2) is 11.5 Å². The Labute approximate surface area is 170 Å². The lowest BCUT2D eigenvalue weighted by Gasteiger charge is -2.29. The van der Waals surface area contributed by atoms with E-state index >= 15 is 0 Å². The van der Waals surface area contributed by atoms with E-state index in [-0.39, 0.29) is 23.2 Å². The van der Waals surface area contributed by atoms with E-state index in [0.717, 1.165) is 0 Å². The summed E-state index contributed by atoms with van der Waals surface area (Å²) >= 11 is 0. The number of imidazole rings is 1. The molecule has 0 saturated carbocycles. The first kappa shape index (κ1) is 20.7. The highest BCUT2D eigenvalue weighted by Crippen LogP contribution is 2.22. The van der Waals surface area contributed by atoms with Gasteiger partial charge in [-0.3, -0.25) is 14.4 Å². The van der Waals surface area contributed by atoms with E-state index in [4.69, 9.17) is 0 Å². The Balaban J connectivity index is 1.97. The Hall–Kier alpha value is -3.00. The van der Waals surface area contributed by atoms with Crippen molar-refractivity contribution >= 4 is 17.6 Å². The first-order valence-electron chi connectivity index (χ1n) is 9.66. The number of likely N-dealkylation sites (N-methyl/N-ethyl adjacent to an activating group) is 1. The smallest absolute Gasteiger partial charge is 0.272 e. The van der Waals surface area contributed by atoms with Crippen molar-refractivity contribution in [3.63, 3.8) is 0 Å². The first-order chi connectivity index (χ1) is 13.7. The molecule has 0 saturated heterocycles. The zero-order chi connectivity index (χ0) is 21.2. The van der Waals surface area contributed by atoms with Gasteiger partial charge in [-0.2, -0.15) is 0 Å². The molecule has 1 aliphatic heterocycles. The fraction of sp³-hybridized carbons (Fsp3) is 0.429. The van der Waals surface area contributed by atoms with Crippen molar-refractivity contribution in [1.82, 2.24) is 25.5 Å². The quantitative estimate of drug-likeness (QED) is 0.656. The maximum Gasteiger partial charge on any atom is 0.272 e. The highest BCUT2D eigenvalue weighted by Gasteiger charge is 2.35. The van der Waals surface area contributed by atoms with Crippen LogP contribution >= 0.6 is 0 Å². The molecule has 0 fully saturated rings. The lowest BCUT2D eigenvalue weighted by Crippen LogP contribution is -2.53. The van der Waals surface area contributed by atoms with Crippen LogP contribution in [0.25, 0.3) is 0 Å². The summed E-state index contributed by atoms with van der Waals surface area (Å²) in [6, 6.07) is 8.14. The van der Waals surface area contributed by atoms with Crippen LogP contribution in [0.3, 0.4) is 0 Å². The predicted molar refractivity (Wildman–Crippen MR) is 109 cm³/mol. The molecule has 29 heavy (non-hydrogen) atoms. The largest absolute Gasteiger partial charge is 0.357 e. The zero-order valence-corrected chi connectivity index (χ0v) is 17.2. The second-order valence-electron chi connectivity index (χ2n) is 8.14.